The Hall–Kier alpha value is -2.22. The summed E-state index contributed by atoms with van der Waals surface area (Å²) in [7, 11) is 0. The first kappa shape index (κ1) is 15.7. The molecule has 0 amide bonds. The van der Waals surface area contributed by atoms with Crippen LogP contribution < -0.4 is 4.46 Å². The van der Waals surface area contributed by atoms with E-state index in [0.29, 0.717) is 0 Å². The summed E-state index contributed by atoms with van der Waals surface area (Å²) in [6.45, 7) is 4.18. The van der Waals surface area contributed by atoms with Gasteiger partial charge in [0.25, 0.3) is 0 Å². The Morgan fingerprint density at radius 2 is 1.57 bits per heavy atom. The van der Waals surface area contributed by atoms with Crippen molar-refractivity contribution in [2.75, 3.05) is 0 Å². The van der Waals surface area contributed by atoms with Crippen LogP contribution in [0.4, 0.5) is 5.69 Å². The molecule has 0 aromatic heterocycles. The monoisotopic (exact) mass is 366 g/mol. The van der Waals surface area contributed by atoms with Crippen molar-refractivity contribution in [2.45, 2.75) is 13.8 Å². The number of aliphatic imine (C=N–C) groups is 1. The third kappa shape index (κ3) is 4.16. The molecule has 23 heavy (non-hydrogen) atoms. The first-order valence-electron chi connectivity index (χ1n) is 7.53. The Morgan fingerprint density at radius 3 is 2.30 bits per heavy atom. The van der Waals surface area contributed by atoms with Gasteiger partial charge in [0.15, 0.2) is 0 Å². The van der Waals surface area contributed by atoms with Gasteiger partial charge < -0.3 is 0 Å². The Labute approximate surface area is 143 Å². The fourth-order valence-electron chi connectivity index (χ4n) is 2.22. The summed E-state index contributed by atoms with van der Waals surface area (Å²) in [5.74, 6) is 0. The normalized spacial score (nSPS) is 17.6. The van der Waals surface area contributed by atoms with Crippen molar-refractivity contribution >= 4 is 36.7 Å². The molecule has 3 rings (SSSR count). The van der Waals surface area contributed by atoms with Crippen LogP contribution in [0.1, 0.15) is 12.5 Å². The maximum absolute atomic E-state index is 4.76. The Bertz CT molecular complexity index is 815. The van der Waals surface area contributed by atoms with Crippen molar-refractivity contribution < 1.29 is 0 Å². The minimum atomic E-state index is 0.112. The molecule has 0 spiro atoms. The summed E-state index contributed by atoms with van der Waals surface area (Å²) < 4.78 is 6.05. The summed E-state index contributed by atoms with van der Waals surface area (Å²) >= 11 is 0.112. The van der Waals surface area contributed by atoms with Crippen molar-refractivity contribution in [2.24, 2.45) is 9.00 Å². The van der Waals surface area contributed by atoms with E-state index in [1.54, 1.807) is 0 Å². The molecule has 1 aliphatic carbocycles. The van der Waals surface area contributed by atoms with E-state index in [1.165, 1.54) is 10.0 Å². The number of hydrogen-bond donors (Lipinski definition) is 0. The van der Waals surface area contributed by atoms with E-state index in [4.69, 9.17) is 9.00 Å². The standard InChI is InChI=1S/C20H18N2Se/c1-15-8-6-7-11-19(15)21-17-12-13-20(16(2)14-17)22-23-18-9-4-3-5-10-18/h3-14H,1-2H3/b21-17?,22-20-. The average molecular weight is 365 g/mol. The fourth-order valence-corrected chi connectivity index (χ4v) is 3.67. The van der Waals surface area contributed by atoms with Crippen molar-refractivity contribution in [1.29, 1.82) is 0 Å². The number of para-hydroxylation sites is 1. The van der Waals surface area contributed by atoms with E-state index in [2.05, 4.69) is 56.3 Å². The molecule has 2 aromatic rings. The Morgan fingerprint density at radius 1 is 0.826 bits per heavy atom. The molecule has 0 saturated heterocycles. The fraction of sp³-hybridized carbons (Fsp3) is 0.100. The van der Waals surface area contributed by atoms with Gasteiger partial charge in [-0.1, -0.05) is 0 Å². The Balaban J connectivity index is 1.78. The van der Waals surface area contributed by atoms with Crippen LogP contribution in [0.5, 0.6) is 0 Å². The molecule has 3 heteroatoms. The van der Waals surface area contributed by atoms with Crippen LogP contribution in [-0.4, -0.2) is 26.6 Å². The summed E-state index contributed by atoms with van der Waals surface area (Å²) in [5.41, 5.74) is 5.40. The van der Waals surface area contributed by atoms with E-state index in [9.17, 15) is 0 Å². The molecule has 1 aliphatic rings. The first-order valence-corrected chi connectivity index (χ1v) is 9.16. The second-order valence-electron chi connectivity index (χ2n) is 5.36. The zero-order valence-corrected chi connectivity index (χ0v) is 14.9. The van der Waals surface area contributed by atoms with Gasteiger partial charge in [-0.25, -0.2) is 0 Å². The van der Waals surface area contributed by atoms with Gasteiger partial charge in [0, 0.05) is 0 Å². The molecule has 0 radical (unpaired) electrons. The number of allylic oxidation sites excluding steroid dienone is 4. The molecule has 0 unspecified atom stereocenters. The van der Waals surface area contributed by atoms with Crippen molar-refractivity contribution in [3.8, 4) is 0 Å². The van der Waals surface area contributed by atoms with Gasteiger partial charge in [0.05, 0.1) is 0 Å². The predicted molar refractivity (Wildman–Crippen MR) is 100 cm³/mol. The molecule has 0 atom stereocenters. The molecular formula is C20H18N2Se. The van der Waals surface area contributed by atoms with Crippen molar-refractivity contribution in [3.05, 3.63) is 84.0 Å². The van der Waals surface area contributed by atoms with Gasteiger partial charge in [-0.05, 0) is 0 Å². The first-order chi connectivity index (χ1) is 11.2. The van der Waals surface area contributed by atoms with E-state index in [1.807, 2.05) is 30.3 Å². The van der Waals surface area contributed by atoms with Gasteiger partial charge in [-0.15, -0.1) is 0 Å². The summed E-state index contributed by atoms with van der Waals surface area (Å²) in [5, 5.41) is 0. The second-order valence-corrected chi connectivity index (χ2v) is 7.12. The number of benzene rings is 2. The molecule has 0 bridgehead atoms. The predicted octanol–water partition coefficient (Wildman–Crippen LogP) is 3.97. The molecular weight excluding hydrogens is 347 g/mol. The molecule has 2 aromatic carbocycles. The van der Waals surface area contributed by atoms with E-state index in [-0.39, 0.29) is 15.2 Å². The molecule has 0 aliphatic heterocycles. The van der Waals surface area contributed by atoms with Gasteiger partial charge in [0.2, 0.25) is 0 Å². The average Bonchev–Trinajstić information content (AvgIpc) is 2.57. The van der Waals surface area contributed by atoms with E-state index >= 15 is 0 Å². The molecule has 114 valence electrons. The topological polar surface area (TPSA) is 24.7 Å². The zero-order valence-electron chi connectivity index (χ0n) is 13.2. The third-order valence-corrected chi connectivity index (χ3v) is 5.16. The maximum atomic E-state index is 4.76. The quantitative estimate of drug-likeness (QED) is 0.581. The van der Waals surface area contributed by atoms with Crippen LogP contribution in [0.15, 0.2) is 87.4 Å². The van der Waals surface area contributed by atoms with Gasteiger partial charge in [-0.3, -0.25) is 0 Å². The van der Waals surface area contributed by atoms with Gasteiger partial charge in [-0.2, -0.15) is 0 Å². The van der Waals surface area contributed by atoms with Crippen LogP contribution in [0, 0.1) is 6.92 Å². The van der Waals surface area contributed by atoms with Crippen molar-refractivity contribution in [1.82, 2.24) is 0 Å². The van der Waals surface area contributed by atoms with E-state index in [0.717, 1.165) is 22.7 Å². The van der Waals surface area contributed by atoms with E-state index < -0.39 is 0 Å². The molecule has 0 heterocycles. The minimum absolute atomic E-state index is 0.112. The number of hydrogen-bond acceptors (Lipinski definition) is 2. The summed E-state index contributed by atoms with van der Waals surface area (Å²) in [6.07, 6.45) is 6.21. The SMILES string of the molecule is CC1=CC(=Nc2ccccc2C)C=C/C1=N/[Se]c1ccccc1. The zero-order chi connectivity index (χ0) is 16.1. The second kappa shape index (κ2) is 7.36. The summed E-state index contributed by atoms with van der Waals surface area (Å²) in [4.78, 5) is 4.72. The number of aryl methyl sites for hydroxylation is 1. The van der Waals surface area contributed by atoms with Crippen LogP contribution in [0.2, 0.25) is 0 Å². The molecule has 0 N–H and O–H groups in total. The Kier molecular flexibility index (Phi) is 5.02. The summed E-state index contributed by atoms with van der Waals surface area (Å²) in [6, 6.07) is 18.6. The van der Waals surface area contributed by atoms with Crippen LogP contribution in [0.25, 0.3) is 0 Å². The number of rotatable bonds is 3. The van der Waals surface area contributed by atoms with Crippen LogP contribution in [0.3, 0.4) is 0 Å². The van der Waals surface area contributed by atoms with Gasteiger partial charge in [0.1, 0.15) is 0 Å². The molecule has 0 fully saturated rings. The third-order valence-electron chi connectivity index (χ3n) is 3.54. The van der Waals surface area contributed by atoms with Crippen LogP contribution >= 0.6 is 0 Å². The van der Waals surface area contributed by atoms with Crippen molar-refractivity contribution in [3.63, 3.8) is 0 Å². The molecule has 0 saturated carbocycles. The molecule has 2 nitrogen and oxygen atoms in total. The number of nitrogens with zero attached hydrogens (tertiary/aromatic N) is 2. The van der Waals surface area contributed by atoms with Gasteiger partial charge >= 0.3 is 144 Å². The van der Waals surface area contributed by atoms with Crippen LogP contribution in [-0.2, 0) is 0 Å².